The van der Waals surface area contributed by atoms with Gasteiger partial charge in [0, 0.05) is 5.56 Å². The third-order valence-corrected chi connectivity index (χ3v) is 4.76. The van der Waals surface area contributed by atoms with Gasteiger partial charge in [0.25, 0.3) is 5.91 Å². The monoisotopic (exact) mass is 370 g/mol. The van der Waals surface area contributed by atoms with E-state index in [0.717, 1.165) is 5.56 Å². The van der Waals surface area contributed by atoms with Gasteiger partial charge in [-0.3, -0.25) is 9.69 Å². The summed E-state index contributed by atoms with van der Waals surface area (Å²) >= 11 is 0. The van der Waals surface area contributed by atoms with Gasteiger partial charge in [-0.05, 0) is 30.7 Å². The van der Waals surface area contributed by atoms with Crippen LogP contribution >= 0.6 is 0 Å². The maximum absolute atomic E-state index is 13.1. The molecular weight excluding hydrogens is 348 g/mol. The number of benzene rings is 2. The molecule has 1 saturated heterocycles. The Morgan fingerprint density at radius 3 is 2.26 bits per heavy atom. The van der Waals surface area contributed by atoms with E-state index in [1.54, 1.807) is 38.3 Å². The van der Waals surface area contributed by atoms with Crippen LogP contribution in [0.3, 0.4) is 0 Å². The van der Waals surface area contributed by atoms with Crippen molar-refractivity contribution in [1.82, 2.24) is 10.2 Å². The minimum Gasteiger partial charge on any atom is -0.496 e. The summed E-state index contributed by atoms with van der Waals surface area (Å²) in [5, 5.41) is 2.79. The lowest BCUT2D eigenvalue weighted by Gasteiger charge is -2.23. The van der Waals surface area contributed by atoms with Gasteiger partial charge in [-0.2, -0.15) is 0 Å². The van der Waals surface area contributed by atoms with E-state index >= 15 is 0 Å². The van der Waals surface area contributed by atoms with Gasteiger partial charge in [0.15, 0.2) is 11.5 Å². The fourth-order valence-corrected chi connectivity index (χ4v) is 3.19. The van der Waals surface area contributed by atoms with Gasteiger partial charge in [0.05, 0.1) is 27.9 Å². The summed E-state index contributed by atoms with van der Waals surface area (Å²) in [6.45, 7) is 1.80. The number of urea groups is 1. The number of para-hydroxylation sites is 1. The van der Waals surface area contributed by atoms with Crippen LogP contribution in [0, 0.1) is 0 Å². The van der Waals surface area contributed by atoms with Crippen molar-refractivity contribution in [3.63, 3.8) is 0 Å². The molecule has 0 radical (unpaired) electrons. The first-order valence-corrected chi connectivity index (χ1v) is 8.43. The molecule has 27 heavy (non-hydrogen) atoms. The fourth-order valence-electron chi connectivity index (χ4n) is 3.19. The lowest BCUT2D eigenvalue weighted by molar-refractivity contribution is -0.131. The van der Waals surface area contributed by atoms with Crippen molar-refractivity contribution in [2.75, 3.05) is 21.3 Å². The molecule has 0 aromatic heterocycles. The molecule has 2 aromatic carbocycles. The Bertz CT molecular complexity index is 882. The molecule has 142 valence electrons. The first kappa shape index (κ1) is 18.6. The van der Waals surface area contributed by atoms with E-state index in [2.05, 4.69) is 5.32 Å². The smallest absolute Gasteiger partial charge is 0.325 e. The third-order valence-electron chi connectivity index (χ3n) is 4.76. The van der Waals surface area contributed by atoms with Gasteiger partial charge in [0.2, 0.25) is 0 Å². The van der Waals surface area contributed by atoms with E-state index in [1.165, 1.54) is 19.1 Å². The minimum atomic E-state index is -1.20. The van der Waals surface area contributed by atoms with E-state index in [9.17, 15) is 9.59 Å². The van der Waals surface area contributed by atoms with Crippen molar-refractivity contribution in [2.24, 2.45) is 0 Å². The number of hydrogen-bond acceptors (Lipinski definition) is 5. The van der Waals surface area contributed by atoms with Gasteiger partial charge >= 0.3 is 6.03 Å². The normalized spacial score (nSPS) is 19.0. The Hall–Kier alpha value is -3.22. The van der Waals surface area contributed by atoms with E-state index in [0.29, 0.717) is 22.8 Å². The molecule has 2 aromatic rings. The topological polar surface area (TPSA) is 77.1 Å². The molecule has 1 N–H and O–H groups in total. The summed E-state index contributed by atoms with van der Waals surface area (Å²) in [7, 11) is 4.61. The number of nitrogens with zero attached hydrogens (tertiary/aromatic N) is 1. The van der Waals surface area contributed by atoms with Crippen LogP contribution in [0.25, 0.3) is 0 Å². The quantitative estimate of drug-likeness (QED) is 0.791. The highest BCUT2D eigenvalue weighted by molar-refractivity contribution is 6.07. The van der Waals surface area contributed by atoms with Crippen LogP contribution in [-0.2, 0) is 16.9 Å². The molecule has 1 heterocycles. The molecule has 0 spiro atoms. The number of amides is 3. The second-order valence-corrected chi connectivity index (χ2v) is 6.33. The Kier molecular flexibility index (Phi) is 4.94. The zero-order valence-corrected chi connectivity index (χ0v) is 15.7. The third kappa shape index (κ3) is 3.16. The number of carbonyl (C=O) groups excluding carboxylic acids is 2. The maximum Gasteiger partial charge on any atom is 0.325 e. The Labute approximate surface area is 157 Å². The van der Waals surface area contributed by atoms with Gasteiger partial charge < -0.3 is 19.5 Å². The number of imide groups is 1. The predicted octanol–water partition coefficient (Wildman–Crippen LogP) is 2.68. The number of nitrogens with one attached hydrogen (secondary N) is 1. The molecule has 0 saturated carbocycles. The first-order valence-electron chi connectivity index (χ1n) is 8.43. The van der Waals surface area contributed by atoms with Crippen LogP contribution in [0.2, 0.25) is 0 Å². The van der Waals surface area contributed by atoms with Crippen molar-refractivity contribution in [3.8, 4) is 17.2 Å². The van der Waals surface area contributed by atoms with Crippen LogP contribution in [0.4, 0.5) is 4.79 Å². The van der Waals surface area contributed by atoms with Crippen LogP contribution in [-0.4, -0.2) is 38.2 Å². The highest BCUT2D eigenvalue weighted by Gasteiger charge is 2.49. The molecule has 3 rings (SSSR count). The average molecular weight is 370 g/mol. The van der Waals surface area contributed by atoms with Crippen molar-refractivity contribution >= 4 is 11.9 Å². The summed E-state index contributed by atoms with van der Waals surface area (Å²) in [6, 6.07) is 12.0. The van der Waals surface area contributed by atoms with Crippen LogP contribution in [0.15, 0.2) is 42.5 Å². The Morgan fingerprint density at radius 2 is 1.59 bits per heavy atom. The minimum absolute atomic E-state index is 0.123. The van der Waals surface area contributed by atoms with Crippen LogP contribution in [0.1, 0.15) is 18.1 Å². The van der Waals surface area contributed by atoms with Gasteiger partial charge in [-0.1, -0.05) is 24.3 Å². The average Bonchev–Trinajstić information content (AvgIpc) is 2.91. The van der Waals surface area contributed by atoms with Crippen LogP contribution < -0.4 is 19.5 Å². The number of methoxy groups -OCH3 is 3. The highest BCUT2D eigenvalue weighted by atomic mass is 16.5. The van der Waals surface area contributed by atoms with Crippen molar-refractivity contribution in [1.29, 1.82) is 0 Å². The number of hydrogen-bond donors (Lipinski definition) is 1. The lowest BCUT2D eigenvalue weighted by atomic mass is 9.91. The molecule has 1 aliphatic rings. The van der Waals surface area contributed by atoms with Gasteiger partial charge in [-0.15, -0.1) is 0 Å². The van der Waals surface area contributed by atoms with Crippen molar-refractivity contribution < 1.29 is 23.8 Å². The Morgan fingerprint density at radius 1 is 0.926 bits per heavy atom. The van der Waals surface area contributed by atoms with Crippen LogP contribution in [0.5, 0.6) is 17.2 Å². The molecule has 0 aliphatic carbocycles. The molecule has 0 unspecified atom stereocenters. The number of carbonyl (C=O) groups is 2. The summed E-state index contributed by atoms with van der Waals surface area (Å²) in [4.78, 5) is 26.9. The fraction of sp³-hybridized carbons (Fsp3) is 0.300. The van der Waals surface area contributed by atoms with E-state index in [4.69, 9.17) is 14.2 Å². The van der Waals surface area contributed by atoms with E-state index in [1.807, 2.05) is 18.2 Å². The molecule has 7 heteroatoms. The molecule has 1 aliphatic heterocycles. The molecule has 7 nitrogen and oxygen atoms in total. The number of rotatable bonds is 6. The SMILES string of the molecule is COc1ccccc1CN1C(=O)N[C@](C)(c2ccc(OC)c(OC)c2)C1=O. The predicted molar refractivity (Wildman–Crippen MR) is 99.0 cm³/mol. The molecule has 0 bridgehead atoms. The van der Waals surface area contributed by atoms with Gasteiger partial charge in [-0.25, -0.2) is 4.79 Å². The van der Waals surface area contributed by atoms with E-state index < -0.39 is 11.6 Å². The lowest BCUT2D eigenvalue weighted by Crippen LogP contribution is -2.40. The summed E-state index contributed by atoms with van der Waals surface area (Å²) in [5.74, 6) is 1.32. The zero-order chi connectivity index (χ0) is 19.6. The van der Waals surface area contributed by atoms with Crippen molar-refractivity contribution in [2.45, 2.75) is 19.0 Å². The molecule has 3 amide bonds. The maximum atomic E-state index is 13.1. The van der Waals surface area contributed by atoms with Gasteiger partial charge in [0.1, 0.15) is 11.3 Å². The summed E-state index contributed by atoms with van der Waals surface area (Å²) in [5.41, 5.74) is 0.166. The first-order chi connectivity index (χ1) is 12.9. The second kappa shape index (κ2) is 7.19. The number of ether oxygens (including phenoxy) is 3. The van der Waals surface area contributed by atoms with Crippen molar-refractivity contribution in [3.05, 3.63) is 53.6 Å². The molecule has 1 fully saturated rings. The van der Waals surface area contributed by atoms with E-state index in [-0.39, 0.29) is 12.5 Å². The largest absolute Gasteiger partial charge is 0.496 e. The Balaban J connectivity index is 1.93. The summed E-state index contributed by atoms with van der Waals surface area (Å²) in [6.07, 6.45) is 0. The molecule has 1 atom stereocenters. The second-order valence-electron chi connectivity index (χ2n) is 6.33. The zero-order valence-electron chi connectivity index (χ0n) is 15.7. The molecular formula is C20H22N2O5. The highest BCUT2D eigenvalue weighted by Crippen LogP contribution is 2.36. The summed E-state index contributed by atoms with van der Waals surface area (Å²) < 4.78 is 15.9. The standard InChI is InChI=1S/C20H22N2O5/c1-20(14-9-10-16(26-3)17(11-14)27-4)18(23)22(19(24)21-20)12-13-7-5-6-8-15(13)25-2/h5-11H,12H2,1-4H3,(H,21,24)/t20-/m1/s1.